The standard InChI is InChI=1S/C12H14N2/c1-2-6-12-11(5-1)13-8-9-4-3-7-10(9)14-12/h1-6,9-10,13-14H,7-8H2/t9-,10-/m0/s1. The van der Waals surface area contributed by atoms with Crippen molar-refractivity contribution in [1.82, 2.24) is 0 Å². The normalized spacial score (nSPS) is 28.3. The molecule has 0 aromatic heterocycles. The van der Waals surface area contributed by atoms with Crippen LogP contribution in [0.2, 0.25) is 0 Å². The summed E-state index contributed by atoms with van der Waals surface area (Å²) in [7, 11) is 0. The first kappa shape index (κ1) is 7.92. The fourth-order valence-corrected chi connectivity index (χ4v) is 2.28. The topological polar surface area (TPSA) is 24.1 Å². The van der Waals surface area contributed by atoms with Crippen LogP contribution >= 0.6 is 0 Å². The van der Waals surface area contributed by atoms with Crippen molar-refractivity contribution in [3.05, 3.63) is 36.4 Å². The maximum atomic E-state index is 3.60. The van der Waals surface area contributed by atoms with E-state index in [1.807, 2.05) is 0 Å². The minimum atomic E-state index is 0.589. The van der Waals surface area contributed by atoms with E-state index in [-0.39, 0.29) is 0 Å². The van der Waals surface area contributed by atoms with Gasteiger partial charge in [0.25, 0.3) is 0 Å². The smallest absolute Gasteiger partial charge is 0.0578 e. The van der Waals surface area contributed by atoms with Crippen molar-refractivity contribution >= 4 is 11.4 Å². The van der Waals surface area contributed by atoms with Crippen molar-refractivity contribution in [2.45, 2.75) is 12.5 Å². The zero-order valence-corrected chi connectivity index (χ0v) is 8.03. The number of rotatable bonds is 0. The molecule has 2 heteroatoms. The molecule has 1 aliphatic heterocycles. The molecule has 1 heterocycles. The number of hydrogen-bond donors (Lipinski definition) is 2. The van der Waals surface area contributed by atoms with Crippen LogP contribution in [-0.4, -0.2) is 12.6 Å². The second-order valence-corrected chi connectivity index (χ2v) is 4.01. The van der Waals surface area contributed by atoms with E-state index >= 15 is 0 Å². The second-order valence-electron chi connectivity index (χ2n) is 4.01. The highest BCUT2D eigenvalue weighted by Crippen LogP contribution is 2.31. The van der Waals surface area contributed by atoms with E-state index in [9.17, 15) is 0 Å². The molecule has 72 valence electrons. The van der Waals surface area contributed by atoms with E-state index in [0.717, 1.165) is 13.0 Å². The first-order valence-electron chi connectivity index (χ1n) is 5.19. The minimum Gasteiger partial charge on any atom is -0.383 e. The Kier molecular flexibility index (Phi) is 1.72. The largest absolute Gasteiger partial charge is 0.383 e. The van der Waals surface area contributed by atoms with Crippen molar-refractivity contribution < 1.29 is 0 Å². The van der Waals surface area contributed by atoms with Crippen molar-refractivity contribution in [1.29, 1.82) is 0 Å². The monoisotopic (exact) mass is 186 g/mol. The van der Waals surface area contributed by atoms with Gasteiger partial charge < -0.3 is 10.6 Å². The lowest BCUT2D eigenvalue weighted by Gasteiger charge is -2.17. The molecule has 1 aliphatic carbocycles. The third-order valence-electron chi connectivity index (χ3n) is 3.09. The van der Waals surface area contributed by atoms with Crippen molar-refractivity contribution in [3.63, 3.8) is 0 Å². The molecule has 0 saturated heterocycles. The molecule has 2 aliphatic rings. The van der Waals surface area contributed by atoms with Crippen LogP contribution in [0.4, 0.5) is 11.4 Å². The maximum Gasteiger partial charge on any atom is 0.0578 e. The Morgan fingerprint density at radius 2 is 2.00 bits per heavy atom. The van der Waals surface area contributed by atoms with Gasteiger partial charge in [0.05, 0.1) is 11.4 Å². The molecule has 0 amide bonds. The maximum absolute atomic E-state index is 3.60. The Morgan fingerprint density at radius 1 is 1.14 bits per heavy atom. The van der Waals surface area contributed by atoms with Crippen LogP contribution < -0.4 is 10.6 Å². The molecule has 0 unspecified atom stereocenters. The van der Waals surface area contributed by atoms with Crippen LogP contribution in [0, 0.1) is 5.92 Å². The second kappa shape index (κ2) is 3.05. The molecular weight excluding hydrogens is 172 g/mol. The van der Waals surface area contributed by atoms with Gasteiger partial charge >= 0.3 is 0 Å². The molecule has 2 atom stereocenters. The summed E-state index contributed by atoms with van der Waals surface area (Å²) >= 11 is 0. The third kappa shape index (κ3) is 1.18. The van der Waals surface area contributed by atoms with Gasteiger partial charge in [-0.2, -0.15) is 0 Å². The fraction of sp³-hybridized carbons (Fsp3) is 0.333. The summed E-state index contributed by atoms with van der Waals surface area (Å²) < 4.78 is 0. The van der Waals surface area contributed by atoms with E-state index in [1.54, 1.807) is 0 Å². The highest BCUT2D eigenvalue weighted by molar-refractivity contribution is 5.70. The van der Waals surface area contributed by atoms with Crippen LogP contribution in [0.1, 0.15) is 6.42 Å². The number of para-hydroxylation sites is 2. The van der Waals surface area contributed by atoms with Gasteiger partial charge in [0.1, 0.15) is 0 Å². The SMILES string of the molecule is C1=C[C@H]2CNc3ccccc3N[C@H]2C1. The number of anilines is 2. The Labute approximate surface area is 84.0 Å². The van der Waals surface area contributed by atoms with Crippen LogP contribution in [0.25, 0.3) is 0 Å². The van der Waals surface area contributed by atoms with Crippen molar-refractivity contribution in [3.8, 4) is 0 Å². The summed E-state index contributed by atoms with van der Waals surface area (Å²) in [4.78, 5) is 0. The van der Waals surface area contributed by atoms with E-state index in [0.29, 0.717) is 12.0 Å². The van der Waals surface area contributed by atoms with Crippen molar-refractivity contribution in [2.24, 2.45) is 5.92 Å². The molecule has 0 spiro atoms. The summed E-state index contributed by atoms with van der Waals surface area (Å²) in [6.07, 6.45) is 5.75. The number of benzene rings is 1. The third-order valence-corrected chi connectivity index (χ3v) is 3.09. The molecule has 14 heavy (non-hydrogen) atoms. The predicted molar refractivity (Wildman–Crippen MR) is 59.6 cm³/mol. The molecule has 0 bridgehead atoms. The number of nitrogens with one attached hydrogen (secondary N) is 2. The lowest BCUT2D eigenvalue weighted by atomic mass is 10.0. The Hall–Kier alpha value is -1.44. The molecule has 0 saturated carbocycles. The van der Waals surface area contributed by atoms with Crippen molar-refractivity contribution in [2.75, 3.05) is 17.2 Å². The lowest BCUT2D eigenvalue weighted by Crippen LogP contribution is -2.26. The summed E-state index contributed by atoms with van der Waals surface area (Å²) in [5.74, 6) is 0.641. The lowest BCUT2D eigenvalue weighted by molar-refractivity contribution is 0.599. The molecule has 0 radical (unpaired) electrons. The summed E-state index contributed by atoms with van der Waals surface area (Å²) in [5.41, 5.74) is 2.47. The van der Waals surface area contributed by atoms with Crippen LogP contribution in [0.15, 0.2) is 36.4 Å². The van der Waals surface area contributed by atoms with Crippen LogP contribution in [0.5, 0.6) is 0 Å². The van der Waals surface area contributed by atoms with Gasteiger partial charge in [-0.25, -0.2) is 0 Å². The van der Waals surface area contributed by atoms with E-state index < -0.39 is 0 Å². The zero-order chi connectivity index (χ0) is 9.38. The van der Waals surface area contributed by atoms with Gasteiger partial charge in [0.15, 0.2) is 0 Å². The Bertz CT molecular complexity index is 370. The number of fused-ring (bicyclic) bond motifs is 2. The Morgan fingerprint density at radius 3 is 2.93 bits per heavy atom. The van der Waals surface area contributed by atoms with Gasteiger partial charge in [-0.05, 0) is 18.6 Å². The van der Waals surface area contributed by atoms with E-state index in [2.05, 4.69) is 47.1 Å². The number of hydrogen-bond acceptors (Lipinski definition) is 2. The van der Waals surface area contributed by atoms with Crippen LogP contribution in [-0.2, 0) is 0 Å². The summed E-state index contributed by atoms with van der Waals surface area (Å²) in [5, 5.41) is 7.08. The molecule has 1 aromatic carbocycles. The quantitative estimate of drug-likeness (QED) is 0.608. The Balaban J connectivity index is 1.94. The average molecular weight is 186 g/mol. The van der Waals surface area contributed by atoms with Gasteiger partial charge in [-0.3, -0.25) is 0 Å². The van der Waals surface area contributed by atoms with E-state index in [4.69, 9.17) is 0 Å². The summed E-state index contributed by atoms with van der Waals surface area (Å²) in [6.45, 7) is 1.05. The highest BCUT2D eigenvalue weighted by atomic mass is 15.0. The minimum absolute atomic E-state index is 0.589. The van der Waals surface area contributed by atoms with Gasteiger partial charge in [-0.15, -0.1) is 0 Å². The average Bonchev–Trinajstić information content (AvgIpc) is 2.58. The zero-order valence-electron chi connectivity index (χ0n) is 8.03. The van der Waals surface area contributed by atoms with E-state index in [1.165, 1.54) is 11.4 Å². The summed E-state index contributed by atoms with van der Waals surface area (Å²) in [6, 6.07) is 9.02. The fourth-order valence-electron chi connectivity index (χ4n) is 2.28. The molecule has 1 aromatic rings. The van der Waals surface area contributed by atoms with Gasteiger partial charge in [0, 0.05) is 18.5 Å². The first-order chi connectivity index (χ1) is 6.93. The molecule has 3 rings (SSSR count). The first-order valence-corrected chi connectivity index (χ1v) is 5.19. The molecule has 2 nitrogen and oxygen atoms in total. The molecule has 0 fully saturated rings. The molecule has 2 N–H and O–H groups in total. The van der Waals surface area contributed by atoms with Gasteiger partial charge in [-0.1, -0.05) is 24.3 Å². The van der Waals surface area contributed by atoms with Crippen LogP contribution in [0.3, 0.4) is 0 Å². The van der Waals surface area contributed by atoms with Gasteiger partial charge in [0.2, 0.25) is 0 Å². The highest BCUT2D eigenvalue weighted by Gasteiger charge is 2.25. The predicted octanol–water partition coefficient (Wildman–Crippen LogP) is 2.47. The molecular formula is C12H14N2.